The molecule has 0 amide bonds. The summed E-state index contributed by atoms with van der Waals surface area (Å²) >= 11 is 0. The number of furan rings is 2. The van der Waals surface area contributed by atoms with Crippen molar-refractivity contribution >= 4 is 21.9 Å². The molecule has 0 bridgehead atoms. The molecule has 0 spiro atoms. The van der Waals surface area contributed by atoms with E-state index < -0.39 is 5.41 Å². The van der Waals surface area contributed by atoms with Crippen LogP contribution in [-0.4, -0.2) is 6.61 Å². The summed E-state index contributed by atoms with van der Waals surface area (Å²) in [5.41, 5.74) is 5.91. The second-order valence-electron chi connectivity index (χ2n) is 8.31. The molecule has 5 aromatic rings. The van der Waals surface area contributed by atoms with E-state index in [-0.39, 0.29) is 0 Å². The highest BCUT2D eigenvalue weighted by Crippen LogP contribution is 2.52. The number of rotatable bonds is 2. The van der Waals surface area contributed by atoms with Crippen LogP contribution in [0.3, 0.4) is 0 Å². The molecular formula is C27H22O3. The Labute approximate surface area is 174 Å². The molecule has 3 aromatic carbocycles. The quantitative estimate of drug-likeness (QED) is 0.329. The van der Waals surface area contributed by atoms with Gasteiger partial charge in [0.1, 0.15) is 40.5 Å². The van der Waals surface area contributed by atoms with Crippen LogP contribution in [0.15, 0.2) is 75.6 Å². The van der Waals surface area contributed by atoms with Gasteiger partial charge in [0.05, 0.1) is 0 Å². The maximum atomic E-state index is 6.43. The summed E-state index contributed by atoms with van der Waals surface area (Å²) in [6.07, 6.45) is 0. The smallest absolute Gasteiger partial charge is 0.148 e. The van der Waals surface area contributed by atoms with E-state index in [9.17, 15) is 0 Å². The monoisotopic (exact) mass is 394 g/mol. The fourth-order valence-electron chi connectivity index (χ4n) is 4.73. The molecule has 3 heterocycles. The van der Waals surface area contributed by atoms with Gasteiger partial charge in [0, 0.05) is 16.3 Å². The first-order valence-electron chi connectivity index (χ1n) is 10.3. The summed E-state index contributed by atoms with van der Waals surface area (Å²) in [6.45, 7) is 6.89. The molecule has 0 aliphatic carbocycles. The number of para-hydroxylation sites is 2. The van der Waals surface area contributed by atoms with Gasteiger partial charge >= 0.3 is 0 Å². The van der Waals surface area contributed by atoms with Gasteiger partial charge in [-0.3, -0.25) is 0 Å². The number of aryl methyl sites for hydroxylation is 1. The van der Waals surface area contributed by atoms with Crippen LogP contribution in [0.1, 0.15) is 33.8 Å². The van der Waals surface area contributed by atoms with E-state index in [1.807, 2.05) is 36.4 Å². The number of hydrogen-bond acceptors (Lipinski definition) is 3. The second-order valence-corrected chi connectivity index (χ2v) is 8.31. The second kappa shape index (κ2) is 6.02. The summed E-state index contributed by atoms with van der Waals surface area (Å²) in [5.74, 6) is 2.65. The van der Waals surface area contributed by atoms with E-state index in [1.165, 1.54) is 16.7 Å². The van der Waals surface area contributed by atoms with Crippen LogP contribution in [0.5, 0.6) is 5.75 Å². The predicted molar refractivity (Wildman–Crippen MR) is 118 cm³/mol. The first kappa shape index (κ1) is 17.4. The lowest BCUT2D eigenvalue weighted by atomic mass is 9.76. The topological polar surface area (TPSA) is 35.5 Å². The minimum absolute atomic E-state index is 0.450. The molecule has 3 nitrogen and oxygen atoms in total. The van der Waals surface area contributed by atoms with Crippen molar-refractivity contribution in [3.8, 4) is 5.75 Å². The van der Waals surface area contributed by atoms with Gasteiger partial charge < -0.3 is 13.6 Å². The summed E-state index contributed by atoms with van der Waals surface area (Å²) in [6, 6.07) is 22.7. The van der Waals surface area contributed by atoms with Crippen molar-refractivity contribution in [1.82, 2.24) is 0 Å². The van der Waals surface area contributed by atoms with Crippen molar-refractivity contribution in [2.45, 2.75) is 26.2 Å². The highest BCUT2D eigenvalue weighted by Gasteiger charge is 2.50. The van der Waals surface area contributed by atoms with Crippen LogP contribution in [0.25, 0.3) is 21.9 Å². The van der Waals surface area contributed by atoms with Crippen LogP contribution >= 0.6 is 0 Å². The maximum Gasteiger partial charge on any atom is 0.148 e. The molecule has 148 valence electrons. The molecule has 0 fully saturated rings. The third-order valence-electron chi connectivity index (χ3n) is 6.69. The summed E-state index contributed by atoms with van der Waals surface area (Å²) in [7, 11) is 0. The SMILES string of the molecule is Cc1cc2c(c(C)c1C)OCC2(c1cc2ccccc2o1)c1cc2ccccc2o1. The van der Waals surface area contributed by atoms with Gasteiger partial charge in [-0.1, -0.05) is 42.5 Å². The van der Waals surface area contributed by atoms with Crippen LogP contribution in [0, 0.1) is 20.8 Å². The van der Waals surface area contributed by atoms with Crippen molar-refractivity contribution in [3.05, 3.63) is 101 Å². The van der Waals surface area contributed by atoms with Crippen molar-refractivity contribution in [1.29, 1.82) is 0 Å². The number of benzene rings is 3. The minimum atomic E-state index is -0.628. The van der Waals surface area contributed by atoms with E-state index in [0.29, 0.717) is 6.61 Å². The molecule has 6 rings (SSSR count). The van der Waals surface area contributed by atoms with Crippen molar-refractivity contribution in [3.63, 3.8) is 0 Å². The molecular weight excluding hydrogens is 372 g/mol. The van der Waals surface area contributed by atoms with Gasteiger partial charge in [0.2, 0.25) is 0 Å². The molecule has 1 aliphatic rings. The molecule has 1 aliphatic heterocycles. The zero-order valence-electron chi connectivity index (χ0n) is 17.3. The van der Waals surface area contributed by atoms with Gasteiger partial charge in [-0.2, -0.15) is 0 Å². The fraction of sp³-hybridized carbons (Fsp3) is 0.185. The molecule has 0 saturated carbocycles. The Balaban J connectivity index is 1.71. The number of fused-ring (bicyclic) bond motifs is 3. The molecule has 3 heteroatoms. The first-order valence-corrected chi connectivity index (χ1v) is 10.3. The molecule has 0 radical (unpaired) electrons. The van der Waals surface area contributed by atoms with Gasteiger partial charge in [-0.05, 0) is 61.7 Å². The predicted octanol–water partition coefficient (Wildman–Crippen LogP) is 6.83. The minimum Gasteiger partial charge on any atom is -0.491 e. The third kappa shape index (κ3) is 2.20. The Morgan fingerprint density at radius 2 is 1.27 bits per heavy atom. The lowest BCUT2D eigenvalue weighted by Crippen LogP contribution is -2.30. The average Bonchev–Trinajstić information content (AvgIpc) is 3.46. The molecule has 0 atom stereocenters. The van der Waals surface area contributed by atoms with Crippen LogP contribution in [0.4, 0.5) is 0 Å². The van der Waals surface area contributed by atoms with Gasteiger partial charge in [0.25, 0.3) is 0 Å². The van der Waals surface area contributed by atoms with Crippen LogP contribution < -0.4 is 4.74 Å². The third-order valence-corrected chi connectivity index (χ3v) is 6.69. The van der Waals surface area contributed by atoms with Gasteiger partial charge in [-0.15, -0.1) is 0 Å². The van der Waals surface area contributed by atoms with Crippen molar-refractivity contribution in [2.75, 3.05) is 6.61 Å². The lowest BCUT2D eigenvalue weighted by Gasteiger charge is -2.24. The Hall–Kier alpha value is -3.46. The zero-order chi connectivity index (χ0) is 20.5. The molecule has 2 aromatic heterocycles. The fourth-order valence-corrected chi connectivity index (χ4v) is 4.73. The Bertz CT molecular complexity index is 1290. The van der Waals surface area contributed by atoms with E-state index in [1.54, 1.807) is 0 Å². The van der Waals surface area contributed by atoms with Crippen molar-refractivity contribution < 1.29 is 13.6 Å². The summed E-state index contributed by atoms with van der Waals surface area (Å²) < 4.78 is 19.2. The highest BCUT2D eigenvalue weighted by atomic mass is 16.5. The Morgan fingerprint density at radius 3 is 1.83 bits per heavy atom. The Morgan fingerprint density at radius 1 is 0.700 bits per heavy atom. The van der Waals surface area contributed by atoms with Crippen molar-refractivity contribution in [2.24, 2.45) is 0 Å². The standard InChI is InChI=1S/C27H22O3/c1-16-12-21-26(18(3)17(16)2)28-15-27(21,24-13-19-8-4-6-10-22(19)29-24)25-14-20-9-5-7-11-23(20)30-25/h4-14H,15H2,1-3H3. The van der Waals surface area contributed by atoms with E-state index in [4.69, 9.17) is 13.6 Å². The number of ether oxygens (including phenoxy) is 1. The van der Waals surface area contributed by atoms with E-state index >= 15 is 0 Å². The molecule has 0 N–H and O–H groups in total. The molecule has 0 unspecified atom stereocenters. The van der Waals surface area contributed by atoms with E-state index in [2.05, 4.69) is 51.1 Å². The van der Waals surface area contributed by atoms with Gasteiger partial charge in [-0.25, -0.2) is 0 Å². The summed E-state index contributed by atoms with van der Waals surface area (Å²) in [5, 5.41) is 2.16. The van der Waals surface area contributed by atoms with Gasteiger partial charge in [0.15, 0.2) is 0 Å². The number of hydrogen-bond donors (Lipinski definition) is 0. The Kier molecular flexibility index (Phi) is 3.49. The first-order chi connectivity index (χ1) is 14.6. The normalized spacial score (nSPS) is 14.9. The largest absolute Gasteiger partial charge is 0.491 e. The lowest BCUT2D eigenvalue weighted by molar-refractivity contribution is 0.271. The molecule has 0 saturated heterocycles. The van der Waals surface area contributed by atoms with Crippen LogP contribution in [-0.2, 0) is 5.41 Å². The maximum absolute atomic E-state index is 6.43. The van der Waals surface area contributed by atoms with E-state index in [0.717, 1.165) is 44.8 Å². The average molecular weight is 394 g/mol. The highest BCUT2D eigenvalue weighted by molar-refractivity contribution is 5.81. The summed E-state index contributed by atoms with van der Waals surface area (Å²) in [4.78, 5) is 0. The van der Waals surface area contributed by atoms with Crippen LogP contribution in [0.2, 0.25) is 0 Å². The molecule has 30 heavy (non-hydrogen) atoms. The zero-order valence-corrected chi connectivity index (χ0v) is 17.3.